The Labute approximate surface area is 118 Å². The molecule has 5 nitrogen and oxygen atoms in total. The quantitative estimate of drug-likeness (QED) is 0.674. The van der Waals surface area contributed by atoms with Gasteiger partial charge >= 0.3 is 0 Å². The van der Waals surface area contributed by atoms with Gasteiger partial charge in [-0.05, 0) is 36.8 Å². The smallest absolute Gasteiger partial charge is 0.255 e. The Morgan fingerprint density at radius 3 is 2.55 bits per heavy atom. The minimum Gasteiger partial charge on any atom is -0.508 e. The van der Waals surface area contributed by atoms with Crippen LogP contribution in [0.3, 0.4) is 0 Å². The highest BCUT2D eigenvalue weighted by atomic mass is 16.3. The molecular formula is C15H21NO4. The molecule has 0 bridgehead atoms. The molecule has 0 radical (unpaired) electrons. The molecule has 1 aliphatic carbocycles. The first kappa shape index (κ1) is 14.7. The highest BCUT2D eigenvalue weighted by molar-refractivity contribution is 5.96. The molecule has 2 atom stereocenters. The molecule has 1 amide bonds. The van der Waals surface area contributed by atoms with E-state index in [0.29, 0.717) is 6.54 Å². The van der Waals surface area contributed by atoms with Gasteiger partial charge in [0.05, 0.1) is 5.56 Å². The third-order valence-electron chi connectivity index (χ3n) is 4.05. The van der Waals surface area contributed by atoms with Crippen LogP contribution < -0.4 is 5.32 Å². The number of rotatable bonds is 4. The van der Waals surface area contributed by atoms with Gasteiger partial charge in [-0.15, -0.1) is 0 Å². The number of hydrogen-bond acceptors (Lipinski definition) is 4. The molecule has 2 rings (SSSR count). The molecule has 0 aliphatic heterocycles. The van der Waals surface area contributed by atoms with Crippen LogP contribution in [0.4, 0.5) is 0 Å². The predicted molar refractivity (Wildman–Crippen MR) is 74.6 cm³/mol. The average Bonchev–Trinajstić information content (AvgIpc) is 2.45. The van der Waals surface area contributed by atoms with Crippen molar-refractivity contribution in [3.63, 3.8) is 0 Å². The second-order valence-corrected chi connectivity index (χ2v) is 5.40. The summed E-state index contributed by atoms with van der Waals surface area (Å²) >= 11 is 0. The zero-order chi connectivity index (χ0) is 14.5. The maximum absolute atomic E-state index is 12.0. The van der Waals surface area contributed by atoms with Crippen LogP contribution in [0.1, 0.15) is 36.0 Å². The summed E-state index contributed by atoms with van der Waals surface area (Å²) in [5, 5.41) is 31.0. The van der Waals surface area contributed by atoms with E-state index in [0.717, 1.165) is 31.7 Å². The predicted octanol–water partition coefficient (Wildman–Crippen LogP) is 1.63. The number of benzene rings is 1. The van der Waals surface area contributed by atoms with Crippen molar-refractivity contribution >= 4 is 5.91 Å². The molecular weight excluding hydrogens is 258 g/mol. The van der Waals surface area contributed by atoms with Crippen LogP contribution in [0.5, 0.6) is 11.5 Å². The zero-order valence-corrected chi connectivity index (χ0v) is 11.4. The number of hydrogen-bond donors (Lipinski definition) is 4. The first-order valence-corrected chi connectivity index (χ1v) is 7.03. The number of aromatic hydroxyl groups is 2. The first-order chi connectivity index (χ1) is 9.61. The van der Waals surface area contributed by atoms with Gasteiger partial charge in [0, 0.05) is 19.2 Å². The van der Waals surface area contributed by atoms with Gasteiger partial charge in [-0.25, -0.2) is 0 Å². The lowest BCUT2D eigenvalue weighted by Gasteiger charge is -2.30. The fourth-order valence-corrected chi connectivity index (χ4v) is 2.82. The molecule has 110 valence electrons. The maximum atomic E-state index is 12.0. The zero-order valence-electron chi connectivity index (χ0n) is 11.4. The van der Waals surface area contributed by atoms with E-state index in [1.807, 2.05) is 0 Å². The van der Waals surface area contributed by atoms with E-state index in [1.165, 1.54) is 12.1 Å². The molecule has 0 heterocycles. The molecule has 1 aromatic carbocycles. The molecule has 1 aromatic rings. The topological polar surface area (TPSA) is 89.8 Å². The van der Waals surface area contributed by atoms with Gasteiger partial charge < -0.3 is 20.6 Å². The van der Waals surface area contributed by atoms with Gasteiger partial charge in [0.25, 0.3) is 5.91 Å². The van der Waals surface area contributed by atoms with Crippen LogP contribution in [0.25, 0.3) is 0 Å². The lowest BCUT2D eigenvalue weighted by Crippen LogP contribution is -2.35. The van der Waals surface area contributed by atoms with Gasteiger partial charge in [-0.1, -0.05) is 12.8 Å². The standard InChI is InChI=1S/C15H21NO4/c17-9-11-4-2-1-3-10(11)8-16-15(20)13-6-5-12(18)7-14(13)19/h5-7,10-11,17-19H,1-4,8-9H2,(H,16,20). The van der Waals surface area contributed by atoms with Gasteiger partial charge in [-0.2, -0.15) is 0 Å². The Bertz CT molecular complexity index is 475. The third kappa shape index (κ3) is 3.42. The van der Waals surface area contributed by atoms with E-state index < -0.39 is 0 Å². The van der Waals surface area contributed by atoms with Crippen molar-refractivity contribution in [3.8, 4) is 11.5 Å². The van der Waals surface area contributed by atoms with Crippen molar-refractivity contribution in [1.29, 1.82) is 0 Å². The SMILES string of the molecule is O=C(NCC1CCCCC1CO)c1ccc(O)cc1O. The highest BCUT2D eigenvalue weighted by Crippen LogP contribution is 2.29. The Balaban J connectivity index is 1.94. The van der Waals surface area contributed by atoms with Crippen LogP contribution in [0, 0.1) is 11.8 Å². The summed E-state index contributed by atoms with van der Waals surface area (Å²) in [7, 11) is 0. The molecule has 0 aromatic heterocycles. The second kappa shape index (κ2) is 6.61. The van der Waals surface area contributed by atoms with Crippen molar-refractivity contribution in [2.75, 3.05) is 13.2 Å². The molecule has 0 saturated heterocycles. The summed E-state index contributed by atoms with van der Waals surface area (Å²) < 4.78 is 0. The Hall–Kier alpha value is -1.75. The first-order valence-electron chi connectivity index (χ1n) is 7.03. The van der Waals surface area contributed by atoms with Crippen LogP contribution in [0.2, 0.25) is 0 Å². The maximum Gasteiger partial charge on any atom is 0.255 e. The number of phenolic OH excluding ortho intramolecular Hbond substituents is 2. The molecule has 4 N–H and O–H groups in total. The minimum atomic E-state index is -0.357. The monoisotopic (exact) mass is 279 g/mol. The average molecular weight is 279 g/mol. The summed E-state index contributed by atoms with van der Waals surface area (Å²) in [4.78, 5) is 12.0. The lowest BCUT2D eigenvalue weighted by atomic mass is 9.79. The molecule has 0 spiro atoms. The molecule has 5 heteroatoms. The normalized spacial score (nSPS) is 22.4. The van der Waals surface area contributed by atoms with E-state index in [4.69, 9.17) is 0 Å². The van der Waals surface area contributed by atoms with E-state index in [1.54, 1.807) is 0 Å². The van der Waals surface area contributed by atoms with Crippen molar-refractivity contribution in [2.24, 2.45) is 11.8 Å². The van der Waals surface area contributed by atoms with Crippen molar-refractivity contribution in [3.05, 3.63) is 23.8 Å². The molecule has 1 fully saturated rings. The lowest BCUT2D eigenvalue weighted by molar-refractivity contribution is 0.0906. The number of aliphatic hydroxyl groups excluding tert-OH is 1. The van der Waals surface area contributed by atoms with Crippen molar-refractivity contribution in [1.82, 2.24) is 5.32 Å². The molecule has 1 saturated carbocycles. The summed E-state index contributed by atoms with van der Waals surface area (Å²) in [5.74, 6) is -0.129. The van der Waals surface area contributed by atoms with E-state index in [9.17, 15) is 20.1 Å². The van der Waals surface area contributed by atoms with Gasteiger partial charge in [-0.3, -0.25) is 4.79 Å². The van der Waals surface area contributed by atoms with Crippen LogP contribution in [-0.2, 0) is 0 Å². The van der Waals surface area contributed by atoms with Crippen LogP contribution >= 0.6 is 0 Å². The summed E-state index contributed by atoms with van der Waals surface area (Å²) in [6.45, 7) is 0.662. The summed E-state index contributed by atoms with van der Waals surface area (Å²) in [6.07, 6.45) is 4.27. The molecule has 2 unspecified atom stereocenters. The van der Waals surface area contributed by atoms with Crippen molar-refractivity contribution < 1.29 is 20.1 Å². The highest BCUT2D eigenvalue weighted by Gasteiger charge is 2.25. The second-order valence-electron chi connectivity index (χ2n) is 5.40. The van der Waals surface area contributed by atoms with Gasteiger partial charge in [0.1, 0.15) is 11.5 Å². The fraction of sp³-hybridized carbons (Fsp3) is 0.533. The number of carbonyl (C=O) groups excluding carboxylic acids is 1. The Morgan fingerprint density at radius 1 is 1.20 bits per heavy atom. The van der Waals surface area contributed by atoms with Gasteiger partial charge in [0.2, 0.25) is 0 Å². The minimum absolute atomic E-state index is 0.0772. The van der Waals surface area contributed by atoms with Crippen LogP contribution in [-0.4, -0.2) is 34.4 Å². The van der Waals surface area contributed by atoms with E-state index in [2.05, 4.69) is 5.32 Å². The number of phenols is 2. The van der Waals surface area contributed by atoms with Gasteiger partial charge in [0.15, 0.2) is 0 Å². The molecule has 1 aliphatic rings. The molecule has 20 heavy (non-hydrogen) atoms. The third-order valence-corrected chi connectivity index (χ3v) is 4.05. The van der Waals surface area contributed by atoms with E-state index in [-0.39, 0.29) is 41.4 Å². The largest absolute Gasteiger partial charge is 0.508 e. The summed E-state index contributed by atoms with van der Waals surface area (Å²) in [5.41, 5.74) is 0.152. The Kier molecular flexibility index (Phi) is 4.84. The number of nitrogens with one attached hydrogen (secondary N) is 1. The Morgan fingerprint density at radius 2 is 1.90 bits per heavy atom. The number of aliphatic hydroxyl groups is 1. The van der Waals surface area contributed by atoms with E-state index >= 15 is 0 Å². The fourth-order valence-electron chi connectivity index (χ4n) is 2.82. The number of amides is 1. The summed E-state index contributed by atoms with van der Waals surface area (Å²) in [6, 6.07) is 3.90. The van der Waals surface area contributed by atoms with Crippen LogP contribution in [0.15, 0.2) is 18.2 Å². The number of carbonyl (C=O) groups is 1. The van der Waals surface area contributed by atoms with Crippen molar-refractivity contribution in [2.45, 2.75) is 25.7 Å².